The second-order valence-electron chi connectivity index (χ2n) is 7.02. The highest BCUT2D eigenvalue weighted by Gasteiger charge is 2.52. The van der Waals surface area contributed by atoms with Crippen LogP contribution in [0.3, 0.4) is 0 Å². The van der Waals surface area contributed by atoms with Crippen molar-refractivity contribution in [1.29, 1.82) is 0 Å². The number of carbonyl (C=O) groups is 3. The molecule has 0 aromatic heterocycles. The summed E-state index contributed by atoms with van der Waals surface area (Å²) in [5.74, 6) is -0.887. The van der Waals surface area contributed by atoms with Crippen LogP contribution in [-0.4, -0.2) is 40.8 Å². The first kappa shape index (κ1) is 20.5. The number of hydrazine groups is 1. The minimum absolute atomic E-state index is 0.0763. The zero-order chi connectivity index (χ0) is 20.9. The molecular weight excluding hydrogens is 368 g/mol. The zero-order valence-corrected chi connectivity index (χ0v) is 16.7. The number of likely N-dealkylation sites (N-methyl/N-ethyl adjacent to an activating group) is 1. The van der Waals surface area contributed by atoms with Crippen LogP contribution < -0.4 is 10.7 Å². The molecule has 7 heteroatoms. The van der Waals surface area contributed by atoms with Crippen molar-refractivity contribution < 1.29 is 14.4 Å². The Kier molecular flexibility index (Phi) is 6.29. The molecule has 152 valence electrons. The molecule has 0 aliphatic carbocycles. The highest BCUT2D eigenvalue weighted by atomic mass is 16.2. The van der Waals surface area contributed by atoms with E-state index >= 15 is 0 Å². The van der Waals surface area contributed by atoms with Crippen molar-refractivity contribution in [3.05, 3.63) is 71.8 Å². The first-order valence-electron chi connectivity index (χ1n) is 9.78. The smallest absolute Gasteiger partial charge is 0.318 e. The molecule has 2 aromatic rings. The van der Waals surface area contributed by atoms with Gasteiger partial charge in [-0.3, -0.25) is 19.9 Å². The van der Waals surface area contributed by atoms with Crippen LogP contribution in [0.4, 0.5) is 4.79 Å². The molecule has 1 aliphatic heterocycles. The average Bonchev–Trinajstić information content (AvgIpc) is 2.99. The molecule has 0 unspecified atom stereocenters. The molecule has 1 saturated heterocycles. The molecule has 29 heavy (non-hydrogen) atoms. The van der Waals surface area contributed by atoms with Crippen molar-refractivity contribution in [2.75, 3.05) is 13.1 Å². The Morgan fingerprint density at radius 1 is 1.03 bits per heavy atom. The number of rotatable bonds is 8. The second kappa shape index (κ2) is 8.87. The highest BCUT2D eigenvalue weighted by Crippen LogP contribution is 2.31. The van der Waals surface area contributed by atoms with E-state index in [9.17, 15) is 14.4 Å². The maximum absolute atomic E-state index is 13.1. The summed E-state index contributed by atoms with van der Waals surface area (Å²) in [6, 6.07) is 18.3. The fraction of sp³-hybridized carbons (Fsp3) is 0.318. The highest BCUT2D eigenvalue weighted by molar-refractivity contribution is 6.08. The van der Waals surface area contributed by atoms with Gasteiger partial charge in [0.05, 0.1) is 6.54 Å². The molecule has 1 heterocycles. The van der Waals surface area contributed by atoms with Gasteiger partial charge in [-0.15, -0.1) is 0 Å². The topological polar surface area (TPSA) is 81.8 Å². The fourth-order valence-corrected chi connectivity index (χ4v) is 3.52. The number of urea groups is 1. The maximum atomic E-state index is 13.1. The minimum Gasteiger partial charge on any atom is -0.318 e. The lowest BCUT2D eigenvalue weighted by Gasteiger charge is -2.26. The number of benzene rings is 2. The standard InChI is InChI=1S/C22H26N4O3/c1-3-22(18-13-9-6-10-14-18)20(28)26(21(29)23-22)24-19(27)16-25(4-2)15-17-11-7-5-8-12-17/h5-14H,3-4,15-16H2,1-2H3,(H,23,29)(H,24,27)/t22-/m0/s1. The summed E-state index contributed by atoms with van der Waals surface area (Å²) < 4.78 is 0. The van der Waals surface area contributed by atoms with E-state index in [0.717, 1.165) is 10.6 Å². The summed E-state index contributed by atoms with van der Waals surface area (Å²) in [5.41, 5.74) is 3.09. The monoisotopic (exact) mass is 394 g/mol. The van der Waals surface area contributed by atoms with Crippen LogP contribution in [0.25, 0.3) is 0 Å². The van der Waals surface area contributed by atoms with Crippen molar-refractivity contribution >= 4 is 17.8 Å². The van der Waals surface area contributed by atoms with Gasteiger partial charge in [0.1, 0.15) is 5.54 Å². The second-order valence-corrected chi connectivity index (χ2v) is 7.02. The third kappa shape index (κ3) is 4.30. The molecule has 0 spiro atoms. The Morgan fingerprint density at radius 2 is 1.66 bits per heavy atom. The summed E-state index contributed by atoms with van der Waals surface area (Å²) in [6.07, 6.45) is 0.378. The van der Waals surface area contributed by atoms with Gasteiger partial charge in [0.2, 0.25) is 0 Å². The van der Waals surface area contributed by atoms with Gasteiger partial charge in [-0.25, -0.2) is 4.79 Å². The van der Waals surface area contributed by atoms with E-state index in [1.165, 1.54) is 0 Å². The number of hydrogen-bond donors (Lipinski definition) is 2. The first-order valence-corrected chi connectivity index (χ1v) is 9.78. The molecule has 0 radical (unpaired) electrons. The van der Waals surface area contributed by atoms with Crippen LogP contribution in [0.2, 0.25) is 0 Å². The summed E-state index contributed by atoms with van der Waals surface area (Å²) in [5, 5.41) is 3.56. The van der Waals surface area contributed by atoms with Gasteiger partial charge in [-0.1, -0.05) is 74.5 Å². The molecule has 1 fully saturated rings. The van der Waals surface area contributed by atoms with Crippen LogP contribution in [0.15, 0.2) is 60.7 Å². The van der Waals surface area contributed by atoms with Crippen LogP contribution >= 0.6 is 0 Å². The molecule has 1 atom stereocenters. The Balaban J connectivity index is 1.68. The lowest BCUT2D eigenvalue weighted by atomic mass is 9.87. The van der Waals surface area contributed by atoms with Crippen molar-refractivity contribution in [2.45, 2.75) is 32.4 Å². The summed E-state index contributed by atoms with van der Waals surface area (Å²) in [6.45, 7) is 5.13. The van der Waals surface area contributed by atoms with Crippen molar-refractivity contribution in [3.63, 3.8) is 0 Å². The van der Waals surface area contributed by atoms with E-state index in [2.05, 4.69) is 10.7 Å². The number of imide groups is 1. The Morgan fingerprint density at radius 3 is 2.24 bits per heavy atom. The van der Waals surface area contributed by atoms with E-state index in [1.54, 1.807) is 12.1 Å². The van der Waals surface area contributed by atoms with E-state index in [-0.39, 0.29) is 6.54 Å². The van der Waals surface area contributed by atoms with Crippen molar-refractivity contribution in [2.24, 2.45) is 0 Å². The van der Waals surface area contributed by atoms with Crippen molar-refractivity contribution in [1.82, 2.24) is 20.7 Å². The molecule has 7 nitrogen and oxygen atoms in total. The zero-order valence-electron chi connectivity index (χ0n) is 16.7. The van der Waals surface area contributed by atoms with Gasteiger partial charge in [0, 0.05) is 6.54 Å². The number of nitrogens with one attached hydrogen (secondary N) is 2. The van der Waals surface area contributed by atoms with Gasteiger partial charge >= 0.3 is 6.03 Å². The van der Waals surface area contributed by atoms with Gasteiger partial charge in [-0.2, -0.15) is 5.01 Å². The maximum Gasteiger partial charge on any atom is 0.344 e. The first-order chi connectivity index (χ1) is 14.0. The molecule has 2 N–H and O–H groups in total. The average molecular weight is 394 g/mol. The predicted octanol–water partition coefficient (Wildman–Crippen LogP) is 2.40. The number of nitrogens with zero attached hydrogens (tertiary/aromatic N) is 2. The normalized spacial score (nSPS) is 18.8. The fourth-order valence-electron chi connectivity index (χ4n) is 3.52. The predicted molar refractivity (Wildman–Crippen MR) is 109 cm³/mol. The number of amides is 4. The van der Waals surface area contributed by atoms with Crippen LogP contribution in [0, 0.1) is 0 Å². The number of carbonyl (C=O) groups excluding carboxylic acids is 3. The Labute approximate surface area is 170 Å². The SMILES string of the molecule is CCN(CC(=O)NN1C(=O)N[C@@](CC)(c2ccccc2)C1=O)Cc1ccccc1. The Hall–Kier alpha value is -3.19. The largest absolute Gasteiger partial charge is 0.344 e. The summed E-state index contributed by atoms with van der Waals surface area (Å²) in [4.78, 5) is 40.0. The van der Waals surface area contributed by atoms with Crippen LogP contribution in [0.1, 0.15) is 31.4 Å². The summed E-state index contributed by atoms with van der Waals surface area (Å²) in [7, 11) is 0. The van der Waals surface area contributed by atoms with E-state index in [4.69, 9.17) is 0 Å². The Bertz CT molecular complexity index is 872. The van der Waals surface area contributed by atoms with E-state index in [0.29, 0.717) is 25.1 Å². The molecule has 2 aromatic carbocycles. The van der Waals surface area contributed by atoms with Gasteiger partial charge in [-0.05, 0) is 24.1 Å². The number of hydrogen-bond acceptors (Lipinski definition) is 4. The van der Waals surface area contributed by atoms with Crippen molar-refractivity contribution in [3.8, 4) is 0 Å². The van der Waals surface area contributed by atoms with Gasteiger partial charge in [0.25, 0.3) is 11.8 Å². The van der Waals surface area contributed by atoms with Gasteiger partial charge < -0.3 is 5.32 Å². The third-order valence-corrected chi connectivity index (χ3v) is 5.19. The van der Waals surface area contributed by atoms with E-state index < -0.39 is 23.4 Å². The minimum atomic E-state index is -1.17. The molecule has 1 aliphatic rings. The summed E-state index contributed by atoms with van der Waals surface area (Å²) >= 11 is 0. The molecule has 4 amide bonds. The quantitative estimate of drug-likeness (QED) is 0.674. The van der Waals surface area contributed by atoms with Crippen LogP contribution in [0.5, 0.6) is 0 Å². The third-order valence-electron chi connectivity index (χ3n) is 5.19. The molecule has 3 rings (SSSR count). The molecule has 0 saturated carbocycles. The van der Waals surface area contributed by atoms with Crippen LogP contribution in [-0.2, 0) is 21.7 Å². The lowest BCUT2D eigenvalue weighted by molar-refractivity contribution is -0.139. The molecule has 0 bridgehead atoms. The van der Waals surface area contributed by atoms with Gasteiger partial charge in [0.15, 0.2) is 0 Å². The van der Waals surface area contributed by atoms with E-state index in [1.807, 2.05) is 67.3 Å². The lowest BCUT2D eigenvalue weighted by Crippen LogP contribution is -2.51. The molecular formula is C22H26N4O3.